The molecule has 7 nitrogen and oxygen atoms in total. The molecule has 30 heavy (non-hydrogen) atoms. The Balaban J connectivity index is 1.60. The van der Waals surface area contributed by atoms with Crippen LogP contribution in [-0.4, -0.2) is 30.0 Å². The minimum atomic E-state index is -0.292. The van der Waals surface area contributed by atoms with Crippen molar-refractivity contribution in [2.75, 3.05) is 18.5 Å². The number of para-hydroxylation sites is 2. The third-order valence-corrected chi connectivity index (χ3v) is 5.94. The highest BCUT2D eigenvalue weighted by atomic mass is 32.1. The van der Waals surface area contributed by atoms with E-state index >= 15 is 0 Å². The number of carbonyl (C=O) groups excluding carboxylic acids is 2. The molecule has 0 unspecified atom stereocenters. The minimum Gasteiger partial charge on any atom is -0.490 e. The average Bonchev–Trinajstić information content (AvgIpc) is 3.32. The molecule has 9 heteroatoms. The quantitative estimate of drug-likeness (QED) is 0.514. The summed E-state index contributed by atoms with van der Waals surface area (Å²) >= 11 is 2.98. The van der Waals surface area contributed by atoms with Gasteiger partial charge in [0, 0.05) is 16.7 Å². The first kappa shape index (κ1) is 21.8. The fourth-order valence-corrected chi connectivity index (χ4v) is 4.54. The summed E-state index contributed by atoms with van der Waals surface area (Å²) < 4.78 is 11.1. The van der Waals surface area contributed by atoms with Crippen molar-refractivity contribution in [2.24, 2.45) is 0 Å². The van der Waals surface area contributed by atoms with Gasteiger partial charge in [0.2, 0.25) is 5.91 Å². The summed E-state index contributed by atoms with van der Waals surface area (Å²) in [6.45, 7) is 6.22. The number of ether oxygens (including phenoxy) is 2. The first-order valence-corrected chi connectivity index (χ1v) is 11.0. The minimum absolute atomic E-state index is 0.0640. The Labute approximate surface area is 183 Å². The van der Waals surface area contributed by atoms with Gasteiger partial charge < -0.3 is 14.8 Å². The summed E-state index contributed by atoms with van der Waals surface area (Å²) in [6, 6.07) is 11.2. The van der Waals surface area contributed by atoms with Gasteiger partial charge in [-0.3, -0.25) is 14.9 Å². The Kier molecular flexibility index (Phi) is 7.42. The van der Waals surface area contributed by atoms with Crippen LogP contribution in [0.1, 0.15) is 23.6 Å². The van der Waals surface area contributed by atoms with Crippen LogP contribution in [0, 0.1) is 6.92 Å². The number of thiazole rings is 1. The zero-order chi connectivity index (χ0) is 21.5. The summed E-state index contributed by atoms with van der Waals surface area (Å²) in [6.07, 6.45) is 0. The van der Waals surface area contributed by atoms with Crippen LogP contribution in [-0.2, 0) is 16.1 Å². The zero-order valence-electron chi connectivity index (χ0n) is 17.0. The van der Waals surface area contributed by atoms with Crippen LogP contribution in [0.3, 0.4) is 0 Å². The fraction of sp³-hybridized carbons (Fsp3) is 0.286. The number of nitrogens with one attached hydrogen (secondary N) is 2. The topological polar surface area (TPSA) is 89.6 Å². The SMILES string of the molecule is CCOc1ccccc1OCC(=O)Nc1nc(-c2ccc(CNC(C)=O)s2)c(C)s1. The second-order valence-electron chi connectivity index (χ2n) is 6.32. The highest BCUT2D eigenvalue weighted by Crippen LogP contribution is 2.34. The molecule has 0 saturated carbocycles. The first-order valence-electron chi connectivity index (χ1n) is 9.41. The lowest BCUT2D eigenvalue weighted by Gasteiger charge is -2.10. The second-order valence-corrected chi connectivity index (χ2v) is 8.69. The predicted octanol–water partition coefficient (Wildman–Crippen LogP) is 4.23. The largest absolute Gasteiger partial charge is 0.490 e. The number of thiophene rings is 1. The third kappa shape index (κ3) is 5.80. The molecule has 0 aliphatic rings. The maximum Gasteiger partial charge on any atom is 0.264 e. The molecule has 3 aromatic rings. The molecule has 0 fully saturated rings. The number of anilines is 1. The van der Waals surface area contributed by atoms with E-state index in [0.29, 0.717) is 29.8 Å². The molecule has 0 aliphatic carbocycles. The van der Waals surface area contributed by atoms with Crippen molar-refractivity contribution in [1.29, 1.82) is 0 Å². The molecule has 158 valence electrons. The Bertz CT molecular complexity index is 1030. The molecule has 2 heterocycles. The lowest BCUT2D eigenvalue weighted by molar-refractivity contribution is -0.119. The average molecular weight is 446 g/mol. The van der Waals surface area contributed by atoms with Crippen LogP contribution < -0.4 is 20.1 Å². The number of hydrogen-bond donors (Lipinski definition) is 2. The van der Waals surface area contributed by atoms with E-state index in [1.165, 1.54) is 18.3 Å². The van der Waals surface area contributed by atoms with Crippen molar-refractivity contribution in [3.8, 4) is 22.1 Å². The number of rotatable bonds is 9. The molecule has 2 aromatic heterocycles. The summed E-state index contributed by atoms with van der Waals surface area (Å²) in [7, 11) is 0. The van der Waals surface area contributed by atoms with Gasteiger partial charge in [0.15, 0.2) is 23.2 Å². The molecule has 3 rings (SSSR count). The summed E-state index contributed by atoms with van der Waals surface area (Å²) in [5, 5.41) is 6.10. The Morgan fingerprint density at radius 3 is 2.50 bits per heavy atom. The number of carbonyl (C=O) groups is 2. The van der Waals surface area contributed by atoms with Crippen LogP contribution in [0.2, 0.25) is 0 Å². The zero-order valence-corrected chi connectivity index (χ0v) is 18.6. The summed E-state index contributed by atoms with van der Waals surface area (Å²) in [4.78, 5) is 31.0. The van der Waals surface area contributed by atoms with Crippen LogP contribution in [0.15, 0.2) is 36.4 Å². The van der Waals surface area contributed by atoms with E-state index in [4.69, 9.17) is 9.47 Å². The number of amides is 2. The van der Waals surface area contributed by atoms with Gasteiger partial charge in [0.1, 0.15) is 0 Å². The van der Waals surface area contributed by atoms with Crippen molar-refractivity contribution >= 4 is 39.6 Å². The molecule has 0 aliphatic heterocycles. The smallest absolute Gasteiger partial charge is 0.264 e. The Morgan fingerprint density at radius 1 is 1.07 bits per heavy atom. The van der Waals surface area contributed by atoms with Gasteiger partial charge in [-0.25, -0.2) is 4.98 Å². The van der Waals surface area contributed by atoms with Gasteiger partial charge in [-0.05, 0) is 38.1 Å². The van der Waals surface area contributed by atoms with Gasteiger partial charge in [-0.15, -0.1) is 22.7 Å². The van der Waals surface area contributed by atoms with Crippen LogP contribution in [0.25, 0.3) is 10.6 Å². The Morgan fingerprint density at radius 2 is 1.80 bits per heavy atom. The Hall–Kier alpha value is -2.91. The third-order valence-electron chi connectivity index (χ3n) is 3.96. The van der Waals surface area contributed by atoms with Crippen molar-refractivity contribution < 1.29 is 19.1 Å². The van der Waals surface area contributed by atoms with E-state index in [1.807, 2.05) is 38.1 Å². The second kappa shape index (κ2) is 10.2. The first-order chi connectivity index (χ1) is 14.5. The van der Waals surface area contributed by atoms with Gasteiger partial charge in [-0.2, -0.15) is 0 Å². The molecule has 0 bridgehead atoms. The highest BCUT2D eigenvalue weighted by molar-refractivity contribution is 7.18. The lowest BCUT2D eigenvalue weighted by Crippen LogP contribution is -2.20. The molecular formula is C21H23N3O4S2. The van der Waals surface area contributed by atoms with Gasteiger partial charge in [-0.1, -0.05) is 12.1 Å². The predicted molar refractivity (Wildman–Crippen MR) is 119 cm³/mol. The number of benzene rings is 1. The highest BCUT2D eigenvalue weighted by Gasteiger charge is 2.15. The number of aryl methyl sites for hydroxylation is 1. The van der Waals surface area contributed by atoms with E-state index in [1.54, 1.807) is 23.5 Å². The number of aromatic nitrogens is 1. The van der Waals surface area contributed by atoms with E-state index in [0.717, 1.165) is 20.3 Å². The van der Waals surface area contributed by atoms with Crippen LogP contribution in [0.4, 0.5) is 5.13 Å². The molecule has 2 N–H and O–H groups in total. The maximum absolute atomic E-state index is 12.3. The normalized spacial score (nSPS) is 10.5. The monoisotopic (exact) mass is 445 g/mol. The maximum atomic E-state index is 12.3. The van der Waals surface area contributed by atoms with E-state index < -0.39 is 0 Å². The molecule has 0 radical (unpaired) electrons. The van der Waals surface area contributed by atoms with E-state index in [2.05, 4.69) is 15.6 Å². The molecule has 1 aromatic carbocycles. The number of nitrogens with zero attached hydrogens (tertiary/aromatic N) is 1. The van der Waals surface area contributed by atoms with Crippen molar-refractivity contribution in [2.45, 2.75) is 27.3 Å². The summed E-state index contributed by atoms with van der Waals surface area (Å²) in [5.41, 5.74) is 0.831. The lowest BCUT2D eigenvalue weighted by atomic mass is 10.3. The van der Waals surface area contributed by atoms with E-state index in [-0.39, 0.29) is 18.4 Å². The van der Waals surface area contributed by atoms with E-state index in [9.17, 15) is 9.59 Å². The number of hydrogen-bond acceptors (Lipinski definition) is 7. The van der Waals surface area contributed by atoms with Gasteiger partial charge in [0.25, 0.3) is 5.91 Å². The molecule has 2 amide bonds. The standard InChI is InChI=1S/C21H23N3O4S2/c1-4-27-16-7-5-6-8-17(16)28-12-19(26)23-21-24-20(13(2)29-21)18-10-9-15(30-18)11-22-14(3)25/h5-10H,4,11-12H2,1-3H3,(H,22,25)(H,23,24,26). The van der Waals surface area contributed by atoms with Crippen molar-refractivity contribution in [3.63, 3.8) is 0 Å². The van der Waals surface area contributed by atoms with Gasteiger partial charge >= 0.3 is 0 Å². The summed E-state index contributed by atoms with van der Waals surface area (Å²) in [5.74, 6) is 0.772. The fourth-order valence-electron chi connectivity index (χ4n) is 2.63. The molecule has 0 atom stereocenters. The van der Waals surface area contributed by atoms with Crippen LogP contribution >= 0.6 is 22.7 Å². The molecule has 0 spiro atoms. The van der Waals surface area contributed by atoms with Crippen molar-refractivity contribution in [1.82, 2.24) is 10.3 Å². The van der Waals surface area contributed by atoms with Crippen LogP contribution in [0.5, 0.6) is 11.5 Å². The molecule has 0 saturated heterocycles. The molecular weight excluding hydrogens is 422 g/mol. The van der Waals surface area contributed by atoms with Crippen molar-refractivity contribution in [3.05, 3.63) is 46.2 Å². The van der Waals surface area contributed by atoms with Gasteiger partial charge in [0.05, 0.1) is 23.7 Å².